The molecule has 2 aliphatic rings. The highest BCUT2D eigenvalue weighted by Gasteiger charge is 2.45. The molecule has 1 saturated carbocycles. The molecule has 0 bridgehead atoms. The zero-order valence-electron chi connectivity index (χ0n) is 12.1. The van der Waals surface area contributed by atoms with E-state index in [1.165, 1.54) is 0 Å². The van der Waals surface area contributed by atoms with Gasteiger partial charge in [-0.1, -0.05) is 12.1 Å². The van der Waals surface area contributed by atoms with Crippen LogP contribution in [0.1, 0.15) is 37.4 Å². The van der Waals surface area contributed by atoms with Crippen LogP contribution in [-0.4, -0.2) is 30.6 Å². The average Bonchev–Trinajstić information content (AvgIpc) is 2.92. The number of benzene rings is 1. The molecule has 5 heteroatoms. The van der Waals surface area contributed by atoms with Crippen molar-refractivity contribution in [2.45, 2.75) is 37.6 Å². The molecule has 0 radical (unpaired) electrons. The maximum atomic E-state index is 11.0. The van der Waals surface area contributed by atoms with Crippen LogP contribution in [0.25, 0.3) is 0 Å². The Morgan fingerprint density at radius 3 is 2.52 bits per heavy atom. The first-order valence-corrected chi connectivity index (χ1v) is 7.30. The number of carboxylic acids is 1. The van der Waals surface area contributed by atoms with Gasteiger partial charge in [-0.2, -0.15) is 0 Å². The van der Waals surface area contributed by atoms with Gasteiger partial charge < -0.3 is 19.3 Å². The maximum absolute atomic E-state index is 11.0. The van der Waals surface area contributed by atoms with Crippen LogP contribution < -0.4 is 4.74 Å². The smallest absolute Gasteiger partial charge is 0.306 e. The van der Waals surface area contributed by atoms with Gasteiger partial charge in [0, 0.05) is 12.8 Å². The van der Waals surface area contributed by atoms with E-state index in [9.17, 15) is 4.79 Å². The molecule has 1 atom stereocenters. The van der Waals surface area contributed by atoms with E-state index in [0.717, 1.165) is 11.3 Å². The van der Waals surface area contributed by atoms with Crippen LogP contribution in [0.4, 0.5) is 0 Å². The third-order valence-electron chi connectivity index (χ3n) is 4.44. The summed E-state index contributed by atoms with van der Waals surface area (Å²) in [6.07, 6.45) is 2.44. The molecule has 0 aromatic heterocycles. The lowest BCUT2D eigenvalue weighted by molar-refractivity contribution is -0.195. The van der Waals surface area contributed by atoms with Crippen LogP contribution in [0.5, 0.6) is 5.75 Å². The Kier molecular flexibility index (Phi) is 3.87. The quantitative estimate of drug-likeness (QED) is 0.928. The predicted molar refractivity (Wildman–Crippen MR) is 75.1 cm³/mol. The van der Waals surface area contributed by atoms with Crippen molar-refractivity contribution >= 4 is 5.97 Å². The highest BCUT2D eigenvalue weighted by Crippen LogP contribution is 2.44. The molecular weight excluding hydrogens is 272 g/mol. The molecule has 114 valence electrons. The van der Waals surface area contributed by atoms with Crippen molar-refractivity contribution < 1.29 is 24.1 Å². The molecule has 1 aromatic carbocycles. The molecule has 21 heavy (non-hydrogen) atoms. The SMILES string of the molecule is COc1ccc(C2COC3(CCC(C(=O)O)CC3)O2)cc1. The average molecular weight is 292 g/mol. The Labute approximate surface area is 123 Å². The summed E-state index contributed by atoms with van der Waals surface area (Å²) in [7, 11) is 1.64. The summed E-state index contributed by atoms with van der Waals surface area (Å²) in [6, 6.07) is 7.78. The summed E-state index contributed by atoms with van der Waals surface area (Å²) in [5, 5.41) is 9.06. The minimum absolute atomic E-state index is 0.0858. The maximum Gasteiger partial charge on any atom is 0.306 e. The van der Waals surface area contributed by atoms with E-state index in [0.29, 0.717) is 32.3 Å². The minimum Gasteiger partial charge on any atom is -0.497 e. The summed E-state index contributed by atoms with van der Waals surface area (Å²) in [5.41, 5.74) is 1.06. The lowest BCUT2D eigenvalue weighted by atomic mass is 9.85. The van der Waals surface area contributed by atoms with E-state index >= 15 is 0 Å². The summed E-state index contributed by atoms with van der Waals surface area (Å²) in [5.74, 6) is -0.747. The van der Waals surface area contributed by atoms with E-state index in [4.69, 9.17) is 19.3 Å². The van der Waals surface area contributed by atoms with E-state index in [2.05, 4.69) is 0 Å². The molecule has 0 amide bonds. The normalized spacial score (nSPS) is 32.2. The third-order valence-corrected chi connectivity index (χ3v) is 4.44. The Bertz CT molecular complexity index is 502. The van der Waals surface area contributed by atoms with E-state index in [-0.39, 0.29) is 12.0 Å². The summed E-state index contributed by atoms with van der Waals surface area (Å²) < 4.78 is 17.2. The molecule has 2 fully saturated rings. The first-order valence-electron chi connectivity index (χ1n) is 7.30. The molecule has 1 aromatic rings. The van der Waals surface area contributed by atoms with E-state index < -0.39 is 11.8 Å². The lowest BCUT2D eigenvalue weighted by Gasteiger charge is -2.34. The Hall–Kier alpha value is -1.59. The second-order valence-corrected chi connectivity index (χ2v) is 5.71. The van der Waals surface area contributed by atoms with Gasteiger partial charge in [-0.15, -0.1) is 0 Å². The fourth-order valence-electron chi connectivity index (χ4n) is 3.10. The van der Waals surface area contributed by atoms with Crippen LogP contribution >= 0.6 is 0 Å². The van der Waals surface area contributed by atoms with Gasteiger partial charge >= 0.3 is 5.97 Å². The predicted octanol–water partition coefficient (Wildman–Crippen LogP) is 2.75. The number of methoxy groups -OCH3 is 1. The third kappa shape index (κ3) is 2.89. The number of carbonyl (C=O) groups is 1. The van der Waals surface area contributed by atoms with Gasteiger partial charge in [-0.25, -0.2) is 0 Å². The number of hydrogen-bond acceptors (Lipinski definition) is 4. The van der Waals surface area contributed by atoms with Crippen LogP contribution in [0, 0.1) is 5.92 Å². The summed E-state index contributed by atoms with van der Waals surface area (Å²) in [6.45, 7) is 0.518. The number of hydrogen-bond donors (Lipinski definition) is 1. The standard InChI is InChI=1S/C16H20O5/c1-19-13-4-2-11(3-5-13)14-10-20-16(21-14)8-6-12(7-9-16)15(17)18/h2-5,12,14H,6-10H2,1H3,(H,17,18). The van der Waals surface area contributed by atoms with Crippen molar-refractivity contribution in [1.29, 1.82) is 0 Å². The Morgan fingerprint density at radius 1 is 1.29 bits per heavy atom. The molecule has 1 N–H and O–H groups in total. The molecule has 1 aliphatic heterocycles. The highest BCUT2D eigenvalue weighted by atomic mass is 16.7. The Morgan fingerprint density at radius 2 is 1.95 bits per heavy atom. The van der Waals surface area contributed by atoms with Gasteiger partial charge in [-0.3, -0.25) is 4.79 Å². The van der Waals surface area contributed by atoms with Gasteiger partial charge in [-0.05, 0) is 30.5 Å². The number of carboxylic acid groups (broad SMARTS) is 1. The van der Waals surface area contributed by atoms with Crippen molar-refractivity contribution in [3.63, 3.8) is 0 Å². The highest BCUT2D eigenvalue weighted by molar-refractivity contribution is 5.70. The van der Waals surface area contributed by atoms with Crippen molar-refractivity contribution in [2.24, 2.45) is 5.92 Å². The molecular formula is C16H20O5. The van der Waals surface area contributed by atoms with Crippen molar-refractivity contribution in [2.75, 3.05) is 13.7 Å². The molecule has 1 unspecified atom stereocenters. The summed E-state index contributed by atoms with van der Waals surface area (Å²) in [4.78, 5) is 11.0. The van der Waals surface area contributed by atoms with Gasteiger partial charge in [0.1, 0.15) is 11.9 Å². The fourth-order valence-corrected chi connectivity index (χ4v) is 3.10. The molecule has 1 saturated heterocycles. The fraction of sp³-hybridized carbons (Fsp3) is 0.562. The largest absolute Gasteiger partial charge is 0.497 e. The minimum atomic E-state index is -0.713. The molecule has 1 aliphatic carbocycles. The first-order chi connectivity index (χ1) is 10.1. The van der Waals surface area contributed by atoms with Gasteiger partial charge in [0.15, 0.2) is 5.79 Å². The van der Waals surface area contributed by atoms with Crippen LogP contribution in [0.3, 0.4) is 0 Å². The number of ether oxygens (including phenoxy) is 3. The Balaban J connectivity index is 1.64. The van der Waals surface area contributed by atoms with Crippen molar-refractivity contribution in [1.82, 2.24) is 0 Å². The molecule has 1 heterocycles. The van der Waals surface area contributed by atoms with Crippen molar-refractivity contribution in [3.8, 4) is 5.75 Å². The summed E-state index contributed by atoms with van der Waals surface area (Å²) >= 11 is 0. The topological polar surface area (TPSA) is 65.0 Å². The van der Waals surface area contributed by atoms with E-state index in [1.54, 1.807) is 7.11 Å². The van der Waals surface area contributed by atoms with Gasteiger partial charge in [0.2, 0.25) is 0 Å². The van der Waals surface area contributed by atoms with Gasteiger partial charge in [0.05, 0.1) is 19.6 Å². The van der Waals surface area contributed by atoms with Crippen LogP contribution in [0.15, 0.2) is 24.3 Å². The second-order valence-electron chi connectivity index (χ2n) is 5.71. The van der Waals surface area contributed by atoms with Gasteiger partial charge in [0.25, 0.3) is 0 Å². The lowest BCUT2D eigenvalue weighted by Crippen LogP contribution is -2.37. The first kappa shape index (κ1) is 14.4. The van der Waals surface area contributed by atoms with Crippen molar-refractivity contribution in [3.05, 3.63) is 29.8 Å². The monoisotopic (exact) mass is 292 g/mol. The van der Waals surface area contributed by atoms with Crippen LogP contribution in [0.2, 0.25) is 0 Å². The molecule has 5 nitrogen and oxygen atoms in total. The zero-order chi connectivity index (χ0) is 14.9. The molecule has 1 spiro atoms. The van der Waals surface area contributed by atoms with Crippen LogP contribution in [-0.2, 0) is 14.3 Å². The van der Waals surface area contributed by atoms with E-state index in [1.807, 2.05) is 24.3 Å². The number of aliphatic carboxylic acids is 1. The molecule has 3 rings (SSSR count). The number of rotatable bonds is 3. The zero-order valence-corrected chi connectivity index (χ0v) is 12.1. The second kappa shape index (κ2) is 5.66.